The van der Waals surface area contributed by atoms with E-state index < -0.39 is 0 Å². The molecule has 1 heterocycles. The summed E-state index contributed by atoms with van der Waals surface area (Å²) >= 11 is 0. The third kappa shape index (κ3) is 2.65. The fourth-order valence-electron chi connectivity index (χ4n) is 3.50. The Balaban J connectivity index is 2.06. The van der Waals surface area contributed by atoms with Gasteiger partial charge in [-0.05, 0) is 71.1 Å². The predicted molar refractivity (Wildman–Crippen MR) is 94.0 cm³/mol. The predicted octanol–water partition coefficient (Wildman–Crippen LogP) is 6.19. The molecule has 0 unspecified atom stereocenters. The third-order valence-corrected chi connectivity index (χ3v) is 5.21. The van der Waals surface area contributed by atoms with Crippen molar-refractivity contribution in [2.45, 2.75) is 58.3 Å². The Morgan fingerprint density at radius 3 is 2.32 bits per heavy atom. The van der Waals surface area contributed by atoms with Crippen molar-refractivity contribution in [3.05, 3.63) is 59.0 Å². The molecule has 0 saturated carbocycles. The van der Waals surface area contributed by atoms with Crippen molar-refractivity contribution in [2.24, 2.45) is 0 Å². The minimum absolute atomic E-state index is 0.256. The van der Waals surface area contributed by atoms with Gasteiger partial charge in [0.25, 0.3) is 0 Å². The molecular weight excluding hydrogens is 268 g/mol. The summed E-state index contributed by atoms with van der Waals surface area (Å²) in [6.45, 7) is 11.6. The van der Waals surface area contributed by atoms with Crippen LogP contribution in [0.1, 0.15) is 69.9 Å². The number of furan rings is 1. The van der Waals surface area contributed by atoms with Gasteiger partial charge in [0, 0.05) is 0 Å². The van der Waals surface area contributed by atoms with Gasteiger partial charge < -0.3 is 4.42 Å². The van der Waals surface area contributed by atoms with Crippen LogP contribution in [0, 0.1) is 0 Å². The molecule has 22 heavy (non-hydrogen) atoms. The molecule has 1 nitrogen and oxygen atoms in total. The molecule has 3 rings (SSSR count). The summed E-state index contributed by atoms with van der Waals surface area (Å²) in [6.07, 6.45) is 6.34. The van der Waals surface area contributed by atoms with E-state index in [0.29, 0.717) is 0 Å². The van der Waals surface area contributed by atoms with Gasteiger partial charge in [0.2, 0.25) is 0 Å². The first kappa shape index (κ1) is 15.1. The van der Waals surface area contributed by atoms with Crippen molar-refractivity contribution in [3.63, 3.8) is 0 Å². The van der Waals surface area contributed by atoms with Crippen LogP contribution in [0.3, 0.4) is 0 Å². The molecule has 0 fully saturated rings. The van der Waals surface area contributed by atoms with Gasteiger partial charge in [-0.25, -0.2) is 0 Å². The van der Waals surface area contributed by atoms with E-state index in [0.717, 1.165) is 5.76 Å². The molecule has 0 radical (unpaired) electrons. The minimum atomic E-state index is 0.256. The zero-order valence-electron chi connectivity index (χ0n) is 14.4. The molecule has 1 aromatic heterocycles. The van der Waals surface area contributed by atoms with E-state index >= 15 is 0 Å². The fourth-order valence-corrected chi connectivity index (χ4v) is 3.50. The summed E-state index contributed by atoms with van der Waals surface area (Å²) in [5.41, 5.74) is 6.10. The second-order valence-electron chi connectivity index (χ2n) is 7.87. The molecule has 1 aromatic carbocycles. The van der Waals surface area contributed by atoms with Crippen LogP contribution in [-0.4, -0.2) is 0 Å². The lowest BCUT2D eigenvalue weighted by Crippen LogP contribution is -2.33. The van der Waals surface area contributed by atoms with Gasteiger partial charge in [-0.15, -0.1) is 0 Å². The summed E-state index contributed by atoms with van der Waals surface area (Å²) in [6, 6.07) is 10.9. The molecule has 0 amide bonds. The van der Waals surface area contributed by atoms with Crippen molar-refractivity contribution in [1.82, 2.24) is 0 Å². The quantitative estimate of drug-likeness (QED) is 0.643. The minimum Gasteiger partial charge on any atom is -0.465 e. The lowest BCUT2D eigenvalue weighted by atomic mass is 9.63. The van der Waals surface area contributed by atoms with Crippen LogP contribution in [0.2, 0.25) is 0 Å². The van der Waals surface area contributed by atoms with Gasteiger partial charge in [0.15, 0.2) is 0 Å². The number of hydrogen-bond acceptors (Lipinski definition) is 1. The van der Waals surface area contributed by atoms with Crippen molar-refractivity contribution < 1.29 is 4.42 Å². The highest BCUT2D eigenvalue weighted by Gasteiger charge is 2.36. The maximum absolute atomic E-state index is 5.44. The number of fused-ring (bicyclic) bond motifs is 1. The maximum Gasteiger partial charge on any atom is 0.126 e. The number of hydrogen-bond donors (Lipinski definition) is 0. The van der Waals surface area contributed by atoms with Crippen LogP contribution < -0.4 is 0 Å². The Labute approximate surface area is 134 Å². The van der Waals surface area contributed by atoms with Crippen LogP contribution in [0.15, 0.2) is 41.0 Å². The molecule has 1 aliphatic rings. The summed E-state index contributed by atoms with van der Waals surface area (Å²) in [5.74, 6) is 0.912. The number of allylic oxidation sites excluding steroid dienone is 1. The van der Waals surface area contributed by atoms with Gasteiger partial charge in [-0.2, -0.15) is 0 Å². The van der Waals surface area contributed by atoms with E-state index in [-0.39, 0.29) is 10.8 Å². The van der Waals surface area contributed by atoms with Crippen molar-refractivity contribution in [2.75, 3.05) is 0 Å². The fraction of sp³-hybridized carbons (Fsp3) is 0.429. The van der Waals surface area contributed by atoms with Gasteiger partial charge in [-0.3, -0.25) is 0 Å². The second kappa shape index (κ2) is 5.15. The molecule has 116 valence electrons. The molecule has 0 aliphatic heterocycles. The van der Waals surface area contributed by atoms with Crippen LogP contribution in [0.4, 0.5) is 0 Å². The van der Waals surface area contributed by atoms with Gasteiger partial charge >= 0.3 is 0 Å². The van der Waals surface area contributed by atoms with Gasteiger partial charge in [0.1, 0.15) is 5.76 Å². The van der Waals surface area contributed by atoms with E-state index in [4.69, 9.17) is 4.42 Å². The van der Waals surface area contributed by atoms with Crippen molar-refractivity contribution in [1.29, 1.82) is 0 Å². The number of rotatable bonds is 2. The monoisotopic (exact) mass is 294 g/mol. The zero-order valence-corrected chi connectivity index (χ0v) is 14.4. The zero-order chi connectivity index (χ0) is 16.0. The second-order valence-corrected chi connectivity index (χ2v) is 7.87. The first-order chi connectivity index (χ1) is 10.3. The van der Waals surface area contributed by atoms with E-state index in [1.165, 1.54) is 35.1 Å². The van der Waals surface area contributed by atoms with E-state index in [1.54, 1.807) is 6.26 Å². The van der Waals surface area contributed by atoms with E-state index in [9.17, 15) is 0 Å². The lowest BCUT2D eigenvalue weighted by Gasteiger charge is -2.42. The van der Waals surface area contributed by atoms with Crippen LogP contribution in [0.5, 0.6) is 0 Å². The lowest BCUT2D eigenvalue weighted by molar-refractivity contribution is 0.332. The van der Waals surface area contributed by atoms with Crippen molar-refractivity contribution >= 4 is 11.6 Å². The summed E-state index contributed by atoms with van der Waals surface area (Å²) < 4.78 is 5.44. The Kier molecular flexibility index (Phi) is 3.55. The molecule has 1 aliphatic carbocycles. The Bertz CT molecular complexity index is 700. The Hall–Kier alpha value is -1.76. The van der Waals surface area contributed by atoms with Crippen LogP contribution >= 0.6 is 0 Å². The highest BCUT2D eigenvalue weighted by molar-refractivity contribution is 5.79. The third-order valence-electron chi connectivity index (χ3n) is 5.21. The van der Waals surface area contributed by atoms with Crippen molar-refractivity contribution in [3.8, 4) is 0 Å². The summed E-state index contributed by atoms with van der Waals surface area (Å²) in [5, 5.41) is 0. The SMILES string of the molecule is C/C(=C/c1ccco1)c1ccc2c(c1)C(C)(C)CCC2(C)C. The summed E-state index contributed by atoms with van der Waals surface area (Å²) in [4.78, 5) is 0. The maximum atomic E-state index is 5.44. The van der Waals surface area contributed by atoms with Gasteiger partial charge in [-0.1, -0.05) is 45.9 Å². The molecule has 1 heteroatoms. The Morgan fingerprint density at radius 1 is 1.00 bits per heavy atom. The first-order valence-electron chi connectivity index (χ1n) is 8.17. The molecule has 2 aromatic rings. The highest BCUT2D eigenvalue weighted by Crippen LogP contribution is 2.46. The smallest absolute Gasteiger partial charge is 0.126 e. The van der Waals surface area contributed by atoms with Crippen LogP contribution in [0.25, 0.3) is 11.6 Å². The average molecular weight is 294 g/mol. The normalized spacial score (nSPS) is 19.8. The highest BCUT2D eigenvalue weighted by atomic mass is 16.3. The van der Waals surface area contributed by atoms with E-state index in [2.05, 4.69) is 58.9 Å². The van der Waals surface area contributed by atoms with E-state index in [1.807, 2.05) is 12.1 Å². The number of benzene rings is 1. The molecule has 0 spiro atoms. The Morgan fingerprint density at radius 2 is 1.68 bits per heavy atom. The van der Waals surface area contributed by atoms with Crippen LogP contribution in [-0.2, 0) is 10.8 Å². The molecule has 0 saturated heterocycles. The molecule has 0 atom stereocenters. The average Bonchev–Trinajstić information content (AvgIpc) is 2.96. The summed E-state index contributed by atoms with van der Waals surface area (Å²) in [7, 11) is 0. The molecule has 0 N–H and O–H groups in total. The first-order valence-corrected chi connectivity index (χ1v) is 8.17. The standard InChI is InChI=1S/C21H26O/c1-15(13-17-7-6-12-22-17)16-8-9-18-19(14-16)21(4,5)11-10-20(18,2)3/h6-9,12-14H,10-11H2,1-5H3/b15-13-. The molecular formula is C21H26O. The topological polar surface area (TPSA) is 13.1 Å². The van der Waals surface area contributed by atoms with Gasteiger partial charge in [0.05, 0.1) is 6.26 Å². The largest absolute Gasteiger partial charge is 0.465 e. The molecule has 0 bridgehead atoms.